The van der Waals surface area contributed by atoms with E-state index in [1.54, 1.807) is 0 Å². The Morgan fingerprint density at radius 2 is 1.82 bits per heavy atom. The molecule has 2 bridgehead atoms. The van der Waals surface area contributed by atoms with E-state index in [9.17, 15) is 4.79 Å². The first-order chi connectivity index (χ1) is 13.3. The number of carbonyl (C=O) groups is 1. The Balaban J connectivity index is 1.48. The molecule has 0 radical (unpaired) electrons. The quantitative estimate of drug-likeness (QED) is 0.679. The normalized spacial score (nSPS) is 25.4. The van der Waals surface area contributed by atoms with Crippen LogP contribution in [0, 0.1) is 6.92 Å². The fourth-order valence-corrected chi connectivity index (χ4v) is 5.07. The van der Waals surface area contributed by atoms with Gasteiger partial charge in [0.1, 0.15) is 6.10 Å². The van der Waals surface area contributed by atoms with E-state index in [0.29, 0.717) is 17.1 Å². The smallest absolute Gasteiger partial charge is 0.411 e. The van der Waals surface area contributed by atoms with Crippen LogP contribution in [0.5, 0.6) is 0 Å². The van der Waals surface area contributed by atoms with Crippen LogP contribution < -0.4 is 5.32 Å². The average molecular weight is 400 g/mol. The number of nitrogens with zero attached hydrogens (tertiary/aromatic N) is 1. The van der Waals surface area contributed by atoms with Crippen molar-refractivity contribution in [2.45, 2.75) is 50.8 Å². The molecule has 0 aliphatic carbocycles. The van der Waals surface area contributed by atoms with Crippen LogP contribution in [-0.2, 0) is 4.74 Å². The third-order valence-corrected chi connectivity index (χ3v) is 6.84. The zero-order chi connectivity index (χ0) is 19.9. The molecule has 2 aromatic rings. The Hall–Kier alpha value is -2.04. The Bertz CT molecular complexity index is 880. The van der Waals surface area contributed by atoms with Crippen molar-refractivity contribution in [2.75, 3.05) is 19.4 Å². The van der Waals surface area contributed by atoms with Crippen molar-refractivity contribution in [1.29, 1.82) is 0 Å². The molecular formula is C23H28ClN2O2+. The van der Waals surface area contributed by atoms with Gasteiger partial charge in [-0.05, 0) is 36.8 Å². The minimum atomic E-state index is -0.372. The van der Waals surface area contributed by atoms with Crippen LogP contribution in [0.25, 0.3) is 11.1 Å². The Labute approximate surface area is 172 Å². The second kappa shape index (κ2) is 7.41. The number of hydrogen-bond donors (Lipinski definition) is 1. The molecule has 2 aliphatic heterocycles. The first kappa shape index (κ1) is 19.3. The minimum absolute atomic E-state index is 0.00344. The van der Waals surface area contributed by atoms with E-state index in [-0.39, 0.29) is 12.2 Å². The zero-order valence-corrected chi connectivity index (χ0v) is 17.5. The number of carbonyl (C=O) groups excluding carboxylic acids is 1. The number of hydrogen-bond acceptors (Lipinski definition) is 2. The van der Waals surface area contributed by atoms with Crippen LogP contribution in [0.3, 0.4) is 0 Å². The van der Waals surface area contributed by atoms with Crippen LogP contribution in [0.15, 0.2) is 42.5 Å². The zero-order valence-electron chi connectivity index (χ0n) is 16.7. The van der Waals surface area contributed by atoms with Crippen LogP contribution in [0.2, 0.25) is 5.02 Å². The molecule has 1 N–H and O–H groups in total. The minimum Gasteiger partial charge on any atom is -0.445 e. The molecule has 1 amide bonds. The number of piperidine rings is 1. The molecule has 4 rings (SSSR count). The van der Waals surface area contributed by atoms with E-state index >= 15 is 0 Å². The van der Waals surface area contributed by atoms with Crippen molar-refractivity contribution in [1.82, 2.24) is 0 Å². The Kier molecular flexibility index (Phi) is 5.11. The summed E-state index contributed by atoms with van der Waals surface area (Å²) in [5, 5.41) is 3.64. The molecule has 3 atom stereocenters. The number of nitrogens with one attached hydrogen (secondary N) is 1. The molecule has 2 aliphatic rings. The molecule has 2 heterocycles. The number of rotatable bonds is 3. The van der Waals surface area contributed by atoms with Gasteiger partial charge in [0.05, 0.1) is 31.9 Å². The van der Waals surface area contributed by atoms with Crippen molar-refractivity contribution in [3.05, 3.63) is 53.1 Å². The van der Waals surface area contributed by atoms with Gasteiger partial charge >= 0.3 is 6.09 Å². The van der Waals surface area contributed by atoms with Crippen LogP contribution in [0.4, 0.5) is 10.5 Å². The highest BCUT2D eigenvalue weighted by atomic mass is 35.5. The van der Waals surface area contributed by atoms with E-state index in [4.69, 9.17) is 16.3 Å². The number of ether oxygens (including phenoxy) is 1. The maximum absolute atomic E-state index is 12.6. The number of quaternary nitrogens is 1. The maximum atomic E-state index is 12.6. The number of halogens is 1. The predicted octanol–water partition coefficient (Wildman–Crippen LogP) is 5.63. The molecule has 5 heteroatoms. The first-order valence-electron chi connectivity index (χ1n) is 10.0. The number of fused-ring (bicyclic) bond motifs is 2. The average Bonchev–Trinajstić information content (AvgIpc) is 2.81. The topological polar surface area (TPSA) is 38.3 Å². The van der Waals surface area contributed by atoms with E-state index in [1.807, 2.05) is 43.3 Å². The standard InChI is InChI=1S/C23H27ClN2O2/c1-15-7-10-22(21(11-15)16-5-4-6-17(24)12-16)25-23(27)28-20-13-18-8-9-19(14-20)26(18,2)3/h4-7,10-12,18-20H,8-9,13-14H2,1-3H3/p+1/t18-,19+,20?. The third-order valence-electron chi connectivity index (χ3n) is 6.61. The number of amides is 1. The van der Waals surface area contributed by atoms with Crippen molar-refractivity contribution >= 4 is 23.4 Å². The van der Waals surface area contributed by atoms with Gasteiger partial charge in [0.25, 0.3) is 0 Å². The highest BCUT2D eigenvalue weighted by Gasteiger charge is 2.49. The highest BCUT2D eigenvalue weighted by Crippen LogP contribution is 2.40. The van der Waals surface area contributed by atoms with Gasteiger partial charge in [-0.25, -0.2) is 4.79 Å². The molecule has 148 valence electrons. The fourth-order valence-electron chi connectivity index (χ4n) is 4.88. The molecular weight excluding hydrogens is 372 g/mol. The lowest BCUT2D eigenvalue weighted by molar-refractivity contribution is -0.931. The van der Waals surface area contributed by atoms with E-state index < -0.39 is 0 Å². The molecule has 0 aromatic heterocycles. The van der Waals surface area contributed by atoms with E-state index in [2.05, 4.69) is 25.5 Å². The molecule has 2 saturated heterocycles. The van der Waals surface area contributed by atoms with Gasteiger partial charge in [-0.3, -0.25) is 5.32 Å². The lowest BCUT2D eigenvalue weighted by atomic mass is 9.98. The van der Waals surface area contributed by atoms with Crippen LogP contribution in [-0.4, -0.2) is 42.9 Å². The summed E-state index contributed by atoms with van der Waals surface area (Å²) in [5.41, 5.74) is 3.78. The number of benzene rings is 2. The monoisotopic (exact) mass is 399 g/mol. The summed E-state index contributed by atoms with van der Waals surface area (Å²) in [7, 11) is 4.62. The molecule has 2 aromatic carbocycles. The van der Waals surface area contributed by atoms with Gasteiger partial charge in [0, 0.05) is 36.3 Å². The summed E-state index contributed by atoms with van der Waals surface area (Å²) < 4.78 is 6.90. The Morgan fingerprint density at radius 1 is 1.11 bits per heavy atom. The summed E-state index contributed by atoms with van der Waals surface area (Å²) in [4.78, 5) is 12.6. The van der Waals surface area contributed by atoms with Crippen LogP contribution >= 0.6 is 11.6 Å². The summed E-state index contributed by atoms with van der Waals surface area (Å²) in [6.45, 7) is 2.04. The first-order valence-corrected chi connectivity index (χ1v) is 10.4. The van der Waals surface area contributed by atoms with E-state index in [0.717, 1.165) is 39.7 Å². The largest absolute Gasteiger partial charge is 0.445 e. The Morgan fingerprint density at radius 3 is 2.50 bits per heavy atom. The van der Waals surface area contributed by atoms with Crippen molar-refractivity contribution < 1.29 is 14.0 Å². The fraction of sp³-hybridized carbons (Fsp3) is 0.435. The van der Waals surface area contributed by atoms with E-state index in [1.165, 1.54) is 12.8 Å². The van der Waals surface area contributed by atoms with Crippen molar-refractivity contribution in [2.24, 2.45) is 0 Å². The number of aryl methyl sites for hydroxylation is 1. The van der Waals surface area contributed by atoms with Gasteiger partial charge < -0.3 is 9.22 Å². The van der Waals surface area contributed by atoms with Gasteiger partial charge in [-0.1, -0.05) is 35.4 Å². The maximum Gasteiger partial charge on any atom is 0.411 e. The lowest BCUT2D eigenvalue weighted by Crippen LogP contribution is -2.56. The SMILES string of the molecule is Cc1ccc(NC(=O)OC2C[C@H]3CC[C@@H](C2)[N+]3(C)C)c(-c2cccc(Cl)c2)c1. The molecule has 2 fully saturated rings. The van der Waals surface area contributed by atoms with Gasteiger partial charge in [0.15, 0.2) is 0 Å². The molecule has 4 nitrogen and oxygen atoms in total. The molecule has 28 heavy (non-hydrogen) atoms. The van der Waals surface area contributed by atoms with Crippen molar-refractivity contribution in [3.8, 4) is 11.1 Å². The van der Waals surface area contributed by atoms with Gasteiger partial charge in [-0.2, -0.15) is 0 Å². The summed E-state index contributed by atoms with van der Waals surface area (Å²) in [6.07, 6.45) is 4.00. The second-order valence-corrected chi connectivity index (χ2v) is 9.13. The summed E-state index contributed by atoms with van der Waals surface area (Å²) >= 11 is 6.16. The van der Waals surface area contributed by atoms with Crippen LogP contribution in [0.1, 0.15) is 31.2 Å². The molecule has 0 saturated carbocycles. The molecule has 0 spiro atoms. The highest BCUT2D eigenvalue weighted by molar-refractivity contribution is 6.30. The van der Waals surface area contributed by atoms with Gasteiger partial charge in [0.2, 0.25) is 0 Å². The summed E-state index contributed by atoms with van der Waals surface area (Å²) in [5.74, 6) is 0. The van der Waals surface area contributed by atoms with Crippen molar-refractivity contribution in [3.63, 3.8) is 0 Å². The van der Waals surface area contributed by atoms with Gasteiger partial charge in [-0.15, -0.1) is 0 Å². The lowest BCUT2D eigenvalue weighted by Gasteiger charge is -2.43. The second-order valence-electron chi connectivity index (χ2n) is 8.70. The third kappa shape index (κ3) is 3.76. The predicted molar refractivity (Wildman–Crippen MR) is 114 cm³/mol. The number of anilines is 1. The molecule has 1 unspecified atom stereocenters. The summed E-state index contributed by atoms with van der Waals surface area (Å²) in [6, 6.07) is 14.8.